The van der Waals surface area contributed by atoms with E-state index in [1.165, 1.54) is 37.4 Å². The number of nitro benzene ring substituents is 1. The number of H-pyrrole nitrogens is 1. The van der Waals surface area contributed by atoms with E-state index in [1.54, 1.807) is 0 Å². The Bertz CT molecular complexity index is 1430. The topological polar surface area (TPSA) is 146 Å². The second kappa shape index (κ2) is 10.4. The first-order chi connectivity index (χ1) is 17.2. The fourth-order valence-corrected chi connectivity index (χ4v) is 5.01. The normalized spacial score (nSPS) is 17.4. The molecule has 3 aromatic rings. The van der Waals surface area contributed by atoms with Gasteiger partial charge in [0.15, 0.2) is 0 Å². The molecule has 188 valence electrons. The van der Waals surface area contributed by atoms with Crippen molar-refractivity contribution in [3.05, 3.63) is 78.3 Å². The van der Waals surface area contributed by atoms with Crippen LogP contribution in [0.25, 0.3) is 10.9 Å². The molecule has 4 N–H and O–H groups in total. The zero-order chi connectivity index (χ0) is 26.0. The lowest BCUT2D eigenvalue weighted by atomic mass is 9.89. The molecule has 2 aromatic carbocycles. The maximum Gasteiger partial charge on any atom is 0.294 e. The van der Waals surface area contributed by atoms with Crippen molar-refractivity contribution in [1.82, 2.24) is 15.6 Å². The predicted molar refractivity (Wildman–Crippen MR) is 136 cm³/mol. The number of anilines is 1. The summed E-state index contributed by atoms with van der Waals surface area (Å²) in [4.78, 5) is 51.6. The molecule has 1 fully saturated rings. The van der Waals surface area contributed by atoms with Gasteiger partial charge >= 0.3 is 0 Å². The third-order valence-electron chi connectivity index (χ3n) is 6.22. The minimum absolute atomic E-state index is 0.000342. The fraction of sp³-hybridized carbons (Fsp3) is 0.292. The number of halogens is 2. The largest absolute Gasteiger partial charge is 0.374 e. The number of carbonyl (C=O) groups is 2. The molecule has 0 spiro atoms. The summed E-state index contributed by atoms with van der Waals surface area (Å²) < 4.78 is 14.9. The van der Waals surface area contributed by atoms with Gasteiger partial charge in [-0.05, 0) is 31.0 Å². The summed E-state index contributed by atoms with van der Waals surface area (Å²) in [5.41, 5.74) is -0.611. The summed E-state index contributed by atoms with van der Waals surface area (Å²) >= 11 is 3.21. The Hall–Kier alpha value is -3.80. The van der Waals surface area contributed by atoms with Gasteiger partial charge < -0.3 is 20.9 Å². The summed E-state index contributed by atoms with van der Waals surface area (Å²) in [6, 6.07) is 7.04. The van der Waals surface area contributed by atoms with Crippen LogP contribution in [0.15, 0.2) is 45.7 Å². The number of hydrogen-bond acceptors (Lipinski definition) is 6. The molecule has 1 heterocycles. The third kappa shape index (κ3) is 5.08. The van der Waals surface area contributed by atoms with Gasteiger partial charge in [-0.15, -0.1) is 0 Å². The van der Waals surface area contributed by atoms with E-state index in [0.717, 1.165) is 18.9 Å². The van der Waals surface area contributed by atoms with E-state index in [2.05, 4.69) is 36.9 Å². The third-order valence-corrected chi connectivity index (χ3v) is 6.68. The zero-order valence-corrected chi connectivity index (χ0v) is 20.8. The average Bonchev–Trinajstić information content (AvgIpc) is 2.84. The summed E-state index contributed by atoms with van der Waals surface area (Å²) in [5, 5.41) is 20.3. The number of nitrogens with zero attached hydrogens (tertiary/aromatic N) is 1. The van der Waals surface area contributed by atoms with Gasteiger partial charge in [0.1, 0.15) is 11.5 Å². The van der Waals surface area contributed by atoms with Crippen molar-refractivity contribution in [2.24, 2.45) is 0 Å². The number of nitrogens with one attached hydrogen (secondary N) is 4. The minimum Gasteiger partial charge on any atom is -0.374 e. The van der Waals surface area contributed by atoms with Crippen LogP contribution < -0.4 is 21.5 Å². The van der Waals surface area contributed by atoms with Crippen molar-refractivity contribution in [1.29, 1.82) is 0 Å². The van der Waals surface area contributed by atoms with E-state index in [4.69, 9.17) is 0 Å². The molecule has 0 unspecified atom stereocenters. The molecular weight excluding hydrogens is 537 g/mol. The molecule has 1 aliphatic rings. The summed E-state index contributed by atoms with van der Waals surface area (Å²) in [7, 11) is 1.42. The second-order valence-electron chi connectivity index (χ2n) is 8.51. The lowest BCUT2D eigenvalue weighted by Gasteiger charge is -2.34. The Labute approximate surface area is 212 Å². The molecule has 0 bridgehead atoms. The number of fused-ring (bicyclic) bond motifs is 1. The standard InChI is InChI=1S/C24H23BrFN5O5/c1-27-23(33)14-9-12(25)10-19(31(35)36)22(14)29-16-6-2-3-7-17(16)30-24(34)13-11-20(32)28-18-8-4-5-15(26)21(13)18/h4-5,8-11,16-17,29H,2-3,6-7H2,1H3,(H,27,33)(H,28,32)(H,30,34)/t16-,17+/m1/s1. The Morgan fingerprint density at radius 2 is 1.83 bits per heavy atom. The number of hydrogen-bond donors (Lipinski definition) is 4. The predicted octanol–water partition coefficient (Wildman–Crippen LogP) is 3.85. The average molecular weight is 560 g/mol. The molecule has 0 saturated heterocycles. The first kappa shape index (κ1) is 25.3. The van der Waals surface area contributed by atoms with Crippen molar-refractivity contribution in [3.8, 4) is 0 Å². The summed E-state index contributed by atoms with van der Waals surface area (Å²) in [5.74, 6) is -1.79. The molecule has 12 heteroatoms. The lowest BCUT2D eigenvalue weighted by molar-refractivity contribution is -0.384. The number of aromatic amines is 1. The Morgan fingerprint density at radius 1 is 1.11 bits per heavy atom. The van der Waals surface area contributed by atoms with Gasteiger partial charge in [0.2, 0.25) is 5.56 Å². The molecule has 0 radical (unpaired) electrons. The molecule has 0 aliphatic heterocycles. The van der Waals surface area contributed by atoms with Crippen molar-refractivity contribution >= 4 is 50.0 Å². The molecule has 1 saturated carbocycles. The van der Waals surface area contributed by atoms with Gasteiger partial charge in [-0.2, -0.15) is 0 Å². The highest BCUT2D eigenvalue weighted by atomic mass is 79.9. The van der Waals surface area contributed by atoms with E-state index >= 15 is 0 Å². The van der Waals surface area contributed by atoms with Gasteiger partial charge in [-0.3, -0.25) is 24.5 Å². The summed E-state index contributed by atoms with van der Waals surface area (Å²) in [6.07, 6.45) is 2.70. The van der Waals surface area contributed by atoms with E-state index in [9.17, 15) is 28.9 Å². The zero-order valence-electron chi connectivity index (χ0n) is 19.2. The SMILES string of the molecule is CNC(=O)c1cc(Br)cc([N+](=O)[O-])c1N[C@@H]1CCCC[C@@H]1NC(=O)c1cc(=O)[nH]c2cccc(F)c12. The molecule has 2 atom stereocenters. The minimum atomic E-state index is -0.645. The quantitative estimate of drug-likeness (QED) is 0.266. The second-order valence-corrected chi connectivity index (χ2v) is 9.42. The first-order valence-corrected chi connectivity index (χ1v) is 12.1. The molecule has 1 aromatic heterocycles. The van der Waals surface area contributed by atoms with Crippen LogP contribution in [0.3, 0.4) is 0 Å². The Balaban J connectivity index is 1.68. The number of pyridine rings is 1. The van der Waals surface area contributed by atoms with E-state index in [-0.39, 0.29) is 33.4 Å². The number of carbonyl (C=O) groups excluding carboxylic acids is 2. The van der Waals surface area contributed by atoms with E-state index in [0.29, 0.717) is 17.3 Å². The van der Waals surface area contributed by atoms with Crippen LogP contribution in [-0.2, 0) is 0 Å². The highest BCUT2D eigenvalue weighted by molar-refractivity contribution is 9.10. The van der Waals surface area contributed by atoms with E-state index in [1.807, 2.05) is 0 Å². The van der Waals surface area contributed by atoms with Gasteiger partial charge in [-0.25, -0.2) is 4.39 Å². The van der Waals surface area contributed by atoms with Crippen LogP contribution >= 0.6 is 15.9 Å². The fourth-order valence-electron chi connectivity index (χ4n) is 4.56. The monoisotopic (exact) mass is 559 g/mol. The van der Waals surface area contributed by atoms with Gasteiger partial charge in [-0.1, -0.05) is 34.8 Å². The van der Waals surface area contributed by atoms with Gasteiger partial charge in [0.25, 0.3) is 17.5 Å². The number of nitro groups is 1. The maximum atomic E-state index is 14.6. The smallest absolute Gasteiger partial charge is 0.294 e. The Morgan fingerprint density at radius 3 is 2.53 bits per heavy atom. The lowest BCUT2D eigenvalue weighted by Crippen LogP contribution is -2.49. The Kier molecular flexibility index (Phi) is 7.34. The van der Waals surface area contributed by atoms with Crippen molar-refractivity contribution in [2.75, 3.05) is 12.4 Å². The highest BCUT2D eigenvalue weighted by Gasteiger charge is 2.32. The molecule has 36 heavy (non-hydrogen) atoms. The molecule has 4 rings (SSSR count). The van der Waals surface area contributed by atoms with Crippen LogP contribution in [0.2, 0.25) is 0 Å². The molecule has 2 amide bonds. The number of aromatic nitrogens is 1. The van der Waals surface area contributed by atoms with Crippen molar-refractivity contribution in [3.63, 3.8) is 0 Å². The van der Waals surface area contributed by atoms with Crippen molar-refractivity contribution in [2.45, 2.75) is 37.8 Å². The number of amides is 2. The summed E-state index contributed by atoms with van der Waals surface area (Å²) in [6.45, 7) is 0. The number of benzene rings is 2. The van der Waals surface area contributed by atoms with Crippen LogP contribution in [0.5, 0.6) is 0 Å². The van der Waals surface area contributed by atoms with Gasteiger partial charge in [0, 0.05) is 41.1 Å². The van der Waals surface area contributed by atoms with Crippen LogP contribution in [0, 0.1) is 15.9 Å². The van der Waals surface area contributed by atoms with Crippen LogP contribution in [0.1, 0.15) is 46.4 Å². The number of rotatable bonds is 6. The van der Waals surface area contributed by atoms with Crippen LogP contribution in [-0.4, -0.2) is 40.9 Å². The highest BCUT2D eigenvalue weighted by Crippen LogP contribution is 2.35. The van der Waals surface area contributed by atoms with Crippen molar-refractivity contribution < 1.29 is 18.9 Å². The van der Waals surface area contributed by atoms with E-state index < -0.39 is 40.2 Å². The van der Waals surface area contributed by atoms with Crippen LogP contribution in [0.4, 0.5) is 15.8 Å². The van der Waals surface area contributed by atoms with Gasteiger partial charge in [0.05, 0.1) is 21.6 Å². The molecule has 10 nitrogen and oxygen atoms in total. The molecule has 1 aliphatic carbocycles. The molecular formula is C24H23BrFN5O5. The maximum absolute atomic E-state index is 14.6. The first-order valence-electron chi connectivity index (χ1n) is 11.3.